The van der Waals surface area contributed by atoms with Crippen molar-refractivity contribution in [2.45, 2.75) is 44.8 Å². The van der Waals surface area contributed by atoms with Crippen LogP contribution in [0.25, 0.3) is 0 Å². The molecule has 2 aliphatic heterocycles. The van der Waals surface area contributed by atoms with Crippen molar-refractivity contribution in [3.8, 4) is 0 Å². The van der Waals surface area contributed by atoms with Gasteiger partial charge in [-0.1, -0.05) is 0 Å². The summed E-state index contributed by atoms with van der Waals surface area (Å²) >= 11 is 0. The van der Waals surface area contributed by atoms with E-state index in [9.17, 15) is 0 Å². The Morgan fingerprint density at radius 2 is 2.04 bits per heavy atom. The van der Waals surface area contributed by atoms with Crippen LogP contribution >= 0.6 is 0 Å². The molecule has 2 aliphatic rings. The predicted octanol–water partition coefficient (Wildman–Crippen LogP) is 1.66. The van der Waals surface area contributed by atoms with E-state index >= 15 is 0 Å². The standard InChI is InChI=1S/C18H30N4O2/c1-14-12-19-17(20-18(14)21(2)3)11-15-5-6-16(24-15)13-22-7-4-9-23-10-8-22/h12,15-16H,4-11,13H2,1-3H3/t15-,16+/m0/s1. The molecule has 24 heavy (non-hydrogen) atoms. The van der Waals surface area contributed by atoms with Crippen molar-refractivity contribution in [1.29, 1.82) is 0 Å². The van der Waals surface area contributed by atoms with Crippen LogP contribution in [0.1, 0.15) is 30.7 Å². The number of anilines is 1. The minimum absolute atomic E-state index is 0.246. The molecular formula is C18H30N4O2. The van der Waals surface area contributed by atoms with Crippen LogP contribution < -0.4 is 4.90 Å². The molecule has 6 heteroatoms. The van der Waals surface area contributed by atoms with Gasteiger partial charge in [-0.15, -0.1) is 0 Å². The second-order valence-electron chi connectivity index (χ2n) is 7.12. The molecular weight excluding hydrogens is 304 g/mol. The Morgan fingerprint density at radius 1 is 1.21 bits per heavy atom. The van der Waals surface area contributed by atoms with Gasteiger partial charge in [0, 0.05) is 58.5 Å². The van der Waals surface area contributed by atoms with Gasteiger partial charge in [-0.25, -0.2) is 9.97 Å². The molecule has 1 aromatic heterocycles. The number of nitrogens with zero attached hydrogens (tertiary/aromatic N) is 4. The van der Waals surface area contributed by atoms with Crippen LogP contribution in [-0.4, -0.2) is 74.0 Å². The molecule has 0 spiro atoms. The van der Waals surface area contributed by atoms with Crippen molar-refractivity contribution in [2.24, 2.45) is 0 Å². The number of aryl methyl sites for hydroxylation is 1. The quantitative estimate of drug-likeness (QED) is 0.816. The van der Waals surface area contributed by atoms with Crippen LogP contribution in [0.3, 0.4) is 0 Å². The van der Waals surface area contributed by atoms with Gasteiger partial charge in [0.05, 0.1) is 18.8 Å². The lowest BCUT2D eigenvalue weighted by Gasteiger charge is -2.23. The molecule has 6 nitrogen and oxygen atoms in total. The van der Waals surface area contributed by atoms with E-state index in [2.05, 4.69) is 9.88 Å². The molecule has 0 unspecified atom stereocenters. The molecule has 0 saturated carbocycles. The summed E-state index contributed by atoms with van der Waals surface area (Å²) in [5.41, 5.74) is 1.11. The summed E-state index contributed by atoms with van der Waals surface area (Å²) in [4.78, 5) is 13.7. The van der Waals surface area contributed by atoms with Gasteiger partial charge in [0.25, 0.3) is 0 Å². The molecule has 0 aromatic carbocycles. The third kappa shape index (κ3) is 4.65. The van der Waals surface area contributed by atoms with Gasteiger partial charge in [-0.2, -0.15) is 0 Å². The summed E-state index contributed by atoms with van der Waals surface area (Å²) in [7, 11) is 4.04. The Bertz CT molecular complexity index is 530. The third-order valence-corrected chi connectivity index (χ3v) is 4.80. The number of ether oxygens (including phenoxy) is 2. The highest BCUT2D eigenvalue weighted by atomic mass is 16.5. The second kappa shape index (κ2) is 8.23. The Labute approximate surface area is 145 Å². The highest BCUT2D eigenvalue weighted by molar-refractivity contribution is 5.43. The fourth-order valence-electron chi connectivity index (χ4n) is 3.56. The molecule has 0 bridgehead atoms. The van der Waals surface area contributed by atoms with Crippen molar-refractivity contribution in [3.63, 3.8) is 0 Å². The topological polar surface area (TPSA) is 50.7 Å². The highest BCUT2D eigenvalue weighted by Gasteiger charge is 2.28. The van der Waals surface area contributed by atoms with E-state index in [1.54, 1.807) is 0 Å². The second-order valence-corrected chi connectivity index (χ2v) is 7.12. The third-order valence-electron chi connectivity index (χ3n) is 4.80. The van der Waals surface area contributed by atoms with Crippen molar-refractivity contribution in [1.82, 2.24) is 14.9 Å². The number of hydrogen-bond acceptors (Lipinski definition) is 6. The largest absolute Gasteiger partial charge is 0.380 e. The molecule has 0 N–H and O–H groups in total. The van der Waals surface area contributed by atoms with Gasteiger partial charge in [0.2, 0.25) is 0 Å². The Hall–Kier alpha value is -1.24. The van der Waals surface area contributed by atoms with Crippen molar-refractivity contribution in [2.75, 3.05) is 51.8 Å². The lowest BCUT2D eigenvalue weighted by Crippen LogP contribution is -2.34. The zero-order chi connectivity index (χ0) is 16.9. The minimum Gasteiger partial charge on any atom is -0.380 e. The number of hydrogen-bond donors (Lipinski definition) is 0. The van der Waals surface area contributed by atoms with Crippen LogP contribution in [0, 0.1) is 6.92 Å². The van der Waals surface area contributed by atoms with Gasteiger partial charge in [0.1, 0.15) is 11.6 Å². The van der Waals surface area contributed by atoms with Crippen molar-refractivity contribution in [3.05, 3.63) is 17.6 Å². The van der Waals surface area contributed by atoms with Gasteiger partial charge in [-0.3, -0.25) is 4.90 Å². The van der Waals surface area contributed by atoms with E-state index < -0.39 is 0 Å². The Morgan fingerprint density at radius 3 is 2.88 bits per heavy atom. The van der Waals surface area contributed by atoms with Gasteiger partial charge in [-0.05, 0) is 26.2 Å². The van der Waals surface area contributed by atoms with Gasteiger partial charge >= 0.3 is 0 Å². The first-order chi connectivity index (χ1) is 11.6. The summed E-state index contributed by atoms with van der Waals surface area (Å²) in [6.45, 7) is 6.96. The minimum atomic E-state index is 0.246. The van der Waals surface area contributed by atoms with E-state index in [0.29, 0.717) is 6.10 Å². The van der Waals surface area contributed by atoms with Crippen molar-refractivity contribution >= 4 is 5.82 Å². The van der Waals surface area contributed by atoms with Crippen LogP contribution in [0.2, 0.25) is 0 Å². The molecule has 134 valence electrons. The zero-order valence-corrected chi connectivity index (χ0v) is 15.2. The summed E-state index contributed by atoms with van der Waals surface area (Å²) < 4.78 is 11.8. The van der Waals surface area contributed by atoms with E-state index in [1.165, 1.54) is 0 Å². The fourth-order valence-corrected chi connectivity index (χ4v) is 3.56. The first-order valence-corrected chi connectivity index (χ1v) is 9.07. The van der Waals surface area contributed by atoms with Crippen LogP contribution in [0.4, 0.5) is 5.82 Å². The first-order valence-electron chi connectivity index (χ1n) is 9.07. The van der Waals surface area contributed by atoms with Crippen LogP contribution in [-0.2, 0) is 15.9 Å². The predicted molar refractivity (Wildman–Crippen MR) is 94.6 cm³/mol. The van der Waals surface area contributed by atoms with Crippen LogP contribution in [0.5, 0.6) is 0 Å². The maximum atomic E-state index is 6.26. The average molecular weight is 334 g/mol. The SMILES string of the molecule is Cc1cnc(C[C@@H]2CC[C@H](CN3CCCOCC3)O2)nc1N(C)C. The first kappa shape index (κ1) is 17.6. The smallest absolute Gasteiger partial charge is 0.134 e. The van der Waals surface area contributed by atoms with Crippen molar-refractivity contribution < 1.29 is 9.47 Å². The molecule has 0 radical (unpaired) electrons. The maximum absolute atomic E-state index is 6.26. The average Bonchev–Trinajstić information content (AvgIpc) is 2.82. The van der Waals surface area contributed by atoms with E-state index in [-0.39, 0.29) is 6.10 Å². The lowest BCUT2D eigenvalue weighted by molar-refractivity contribution is 0.0220. The maximum Gasteiger partial charge on any atom is 0.134 e. The van der Waals surface area contributed by atoms with E-state index in [0.717, 1.165) is 75.7 Å². The molecule has 2 fully saturated rings. The van der Waals surface area contributed by atoms with E-state index in [4.69, 9.17) is 14.5 Å². The van der Waals surface area contributed by atoms with E-state index in [1.807, 2.05) is 32.1 Å². The zero-order valence-electron chi connectivity index (χ0n) is 15.2. The summed E-state index contributed by atoms with van der Waals surface area (Å²) in [6.07, 6.45) is 6.67. The Balaban J connectivity index is 1.51. The lowest BCUT2D eigenvalue weighted by atomic mass is 10.1. The molecule has 1 aromatic rings. The molecule has 0 amide bonds. The van der Waals surface area contributed by atoms with Gasteiger partial charge in [0.15, 0.2) is 0 Å². The summed E-state index contributed by atoms with van der Waals surface area (Å²) in [5, 5.41) is 0. The normalized spacial score (nSPS) is 25.6. The molecule has 2 saturated heterocycles. The van der Waals surface area contributed by atoms with Crippen LogP contribution in [0.15, 0.2) is 6.20 Å². The molecule has 2 atom stereocenters. The van der Waals surface area contributed by atoms with Gasteiger partial charge < -0.3 is 14.4 Å². The Kier molecular flexibility index (Phi) is 6.03. The fraction of sp³-hybridized carbons (Fsp3) is 0.778. The summed E-state index contributed by atoms with van der Waals surface area (Å²) in [5.74, 6) is 1.89. The summed E-state index contributed by atoms with van der Waals surface area (Å²) in [6, 6.07) is 0. The molecule has 3 rings (SSSR count). The number of rotatable bonds is 5. The molecule has 0 aliphatic carbocycles. The highest BCUT2D eigenvalue weighted by Crippen LogP contribution is 2.24. The number of aromatic nitrogens is 2. The molecule has 3 heterocycles. The monoisotopic (exact) mass is 334 g/mol.